The van der Waals surface area contributed by atoms with Gasteiger partial charge in [0.2, 0.25) is 0 Å². The van der Waals surface area contributed by atoms with Crippen LogP contribution in [0, 0.1) is 5.92 Å². The zero-order chi connectivity index (χ0) is 13.8. The number of nitrogens with two attached hydrogens (primary N) is 1. The Bertz CT molecular complexity index is 413. The lowest BCUT2D eigenvalue weighted by Crippen LogP contribution is -2.39. The fourth-order valence-corrected chi connectivity index (χ4v) is 2.73. The summed E-state index contributed by atoms with van der Waals surface area (Å²) in [6, 6.07) is 5.92. The molecular formula is C15H24N2O2. The molecule has 2 rings (SSSR count). The highest BCUT2D eigenvalue weighted by atomic mass is 16.5. The van der Waals surface area contributed by atoms with Gasteiger partial charge in [-0.2, -0.15) is 0 Å². The Balaban J connectivity index is 1.90. The zero-order valence-electron chi connectivity index (χ0n) is 11.8. The van der Waals surface area contributed by atoms with Crippen LogP contribution in [-0.2, 0) is 6.54 Å². The van der Waals surface area contributed by atoms with Gasteiger partial charge in [0.05, 0.1) is 7.11 Å². The van der Waals surface area contributed by atoms with Crippen molar-refractivity contribution in [3.8, 4) is 11.5 Å². The summed E-state index contributed by atoms with van der Waals surface area (Å²) in [6.45, 7) is 5.14. The first-order valence-corrected chi connectivity index (χ1v) is 6.94. The van der Waals surface area contributed by atoms with Crippen LogP contribution in [0.2, 0.25) is 0 Å². The molecule has 1 saturated heterocycles. The number of ether oxygens (including phenoxy) is 1. The maximum absolute atomic E-state index is 9.78. The largest absolute Gasteiger partial charge is 0.504 e. The number of hydrogen-bond donors (Lipinski definition) is 2. The molecule has 1 aromatic rings. The second-order valence-corrected chi connectivity index (χ2v) is 5.48. The fraction of sp³-hybridized carbons (Fsp3) is 0.600. The topological polar surface area (TPSA) is 58.7 Å². The summed E-state index contributed by atoms with van der Waals surface area (Å²) in [5, 5.41) is 9.78. The van der Waals surface area contributed by atoms with Gasteiger partial charge in [0.1, 0.15) is 0 Å². The third-order valence-electron chi connectivity index (χ3n) is 4.03. The number of phenolic OH excluding ortho intramolecular Hbond substituents is 1. The summed E-state index contributed by atoms with van der Waals surface area (Å²) in [6.07, 6.45) is 2.33. The van der Waals surface area contributed by atoms with Crippen molar-refractivity contribution in [2.45, 2.75) is 32.4 Å². The first-order valence-electron chi connectivity index (χ1n) is 6.94. The first kappa shape index (κ1) is 14.2. The minimum absolute atomic E-state index is 0.213. The van der Waals surface area contributed by atoms with Crippen LogP contribution in [-0.4, -0.2) is 36.2 Å². The lowest BCUT2D eigenvalue weighted by molar-refractivity contribution is 0.165. The number of nitrogens with zero attached hydrogens (tertiary/aromatic N) is 1. The van der Waals surface area contributed by atoms with Gasteiger partial charge in [-0.15, -0.1) is 0 Å². The number of likely N-dealkylation sites (tertiary alicyclic amines) is 1. The van der Waals surface area contributed by atoms with Crippen LogP contribution >= 0.6 is 0 Å². The summed E-state index contributed by atoms with van der Waals surface area (Å²) in [7, 11) is 1.56. The van der Waals surface area contributed by atoms with Crippen molar-refractivity contribution in [1.29, 1.82) is 0 Å². The number of benzene rings is 1. The van der Waals surface area contributed by atoms with Crippen molar-refractivity contribution in [2.75, 3.05) is 20.2 Å². The van der Waals surface area contributed by atoms with Gasteiger partial charge in [-0.25, -0.2) is 0 Å². The molecule has 0 bridgehead atoms. The Labute approximate surface area is 115 Å². The van der Waals surface area contributed by atoms with Crippen LogP contribution < -0.4 is 10.5 Å². The summed E-state index contributed by atoms with van der Waals surface area (Å²) in [5.41, 5.74) is 7.07. The van der Waals surface area contributed by atoms with E-state index < -0.39 is 0 Å². The minimum atomic E-state index is 0.213. The van der Waals surface area contributed by atoms with E-state index in [2.05, 4.69) is 11.8 Å². The number of piperidine rings is 1. The quantitative estimate of drug-likeness (QED) is 0.873. The molecule has 106 valence electrons. The van der Waals surface area contributed by atoms with E-state index in [0.29, 0.717) is 17.7 Å². The smallest absolute Gasteiger partial charge is 0.160 e. The lowest BCUT2D eigenvalue weighted by Gasteiger charge is -2.33. The molecule has 3 N–H and O–H groups in total. The molecule has 0 aliphatic carbocycles. The van der Waals surface area contributed by atoms with E-state index in [0.717, 1.165) is 25.2 Å². The molecule has 0 saturated carbocycles. The van der Waals surface area contributed by atoms with E-state index in [4.69, 9.17) is 10.5 Å². The molecule has 19 heavy (non-hydrogen) atoms. The Kier molecular flexibility index (Phi) is 4.66. The van der Waals surface area contributed by atoms with Gasteiger partial charge in [-0.05, 0) is 56.5 Å². The molecule has 4 nitrogen and oxygen atoms in total. The van der Waals surface area contributed by atoms with Gasteiger partial charge in [-0.1, -0.05) is 6.07 Å². The van der Waals surface area contributed by atoms with Crippen LogP contribution in [0.3, 0.4) is 0 Å². The molecule has 0 aromatic heterocycles. The predicted octanol–water partition coefficient (Wildman–Crippen LogP) is 1.96. The van der Waals surface area contributed by atoms with Crippen molar-refractivity contribution >= 4 is 0 Å². The van der Waals surface area contributed by atoms with Crippen LogP contribution in [0.5, 0.6) is 11.5 Å². The maximum Gasteiger partial charge on any atom is 0.160 e. The number of rotatable bonds is 4. The Hall–Kier alpha value is -1.26. The van der Waals surface area contributed by atoms with E-state index in [1.807, 2.05) is 12.1 Å². The lowest BCUT2D eigenvalue weighted by atomic mass is 9.91. The summed E-state index contributed by atoms with van der Waals surface area (Å²) >= 11 is 0. The number of hydrogen-bond acceptors (Lipinski definition) is 4. The van der Waals surface area contributed by atoms with Crippen LogP contribution in [0.4, 0.5) is 0 Å². The highest BCUT2D eigenvalue weighted by Gasteiger charge is 2.21. The second-order valence-electron chi connectivity index (χ2n) is 5.48. The average Bonchev–Trinajstić information content (AvgIpc) is 2.39. The zero-order valence-corrected chi connectivity index (χ0v) is 11.8. The summed E-state index contributed by atoms with van der Waals surface area (Å²) in [4.78, 5) is 2.42. The molecule has 4 heteroatoms. The Morgan fingerprint density at radius 1 is 1.42 bits per heavy atom. The van der Waals surface area contributed by atoms with Crippen molar-refractivity contribution in [3.63, 3.8) is 0 Å². The normalized spacial score (nSPS) is 19.3. The highest BCUT2D eigenvalue weighted by Crippen LogP contribution is 2.27. The molecule has 0 radical (unpaired) electrons. The second kappa shape index (κ2) is 6.26. The van der Waals surface area contributed by atoms with E-state index in [-0.39, 0.29) is 5.75 Å². The molecule has 1 aliphatic rings. The van der Waals surface area contributed by atoms with Gasteiger partial charge < -0.3 is 15.6 Å². The van der Waals surface area contributed by atoms with Gasteiger partial charge in [0, 0.05) is 12.6 Å². The molecule has 1 fully saturated rings. The predicted molar refractivity (Wildman–Crippen MR) is 76.3 cm³/mol. The van der Waals surface area contributed by atoms with Crippen molar-refractivity contribution in [1.82, 2.24) is 4.90 Å². The van der Waals surface area contributed by atoms with Gasteiger partial charge >= 0.3 is 0 Å². The third-order valence-corrected chi connectivity index (χ3v) is 4.03. The van der Waals surface area contributed by atoms with E-state index >= 15 is 0 Å². The van der Waals surface area contributed by atoms with Gasteiger partial charge in [0.15, 0.2) is 11.5 Å². The summed E-state index contributed by atoms with van der Waals surface area (Å²) < 4.78 is 5.05. The first-order chi connectivity index (χ1) is 9.10. The van der Waals surface area contributed by atoms with Crippen molar-refractivity contribution in [3.05, 3.63) is 23.8 Å². The summed E-state index contributed by atoms with van der Waals surface area (Å²) in [5.74, 6) is 1.39. The molecular weight excluding hydrogens is 240 g/mol. The molecule has 1 aliphatic heterocycles. The maximum atomic E-state index is 9.78. The molecule has 1 atom stereocenters. The number of aromatic hydroxyl groups is 1. The Morgan fingerprint density at radius 3 is 2.63 bits per heavy atom. The standard InChI is InChI=1S/C15H24N2O2/c1-11(16)13-5-7-17(8-6-13)10-12-3-4-15(19-2)14(18)9-12/h3-4,9,11,13,18H,5-8,10,16H2,1-2H3. The van der Waals surface area contributed by atoms with Crippen molar-refractivity contribution < 1.29 is 9.84 Å². The highest BCUT2D eigenvalue weighted by molar-refractivity contribution is 5.41. The monoisotopic (exact) mass is 264 g/mol. The van der Waals surface area contributed by atoms with Crippen LogP contribution in [0.1, 0.15) is 25.3 Å². The average molecular weight is 264 g/mol. The van der Waals surface area contributed by atoms with E-state index in [1.54, 1.807) is 13.2 Å². The van der Waals surface area contributed by atoms with Crippen LogP contribution in [0.25, 0.3) is 0 Å². The fourth-order valence-electron chi connectivity index (χ4n) is 2.73. The van der Waals surface area contributed by atoms with Gasteiger partial charge in [-0.3, -0.25) is 4.90 Å². The molecule has 1 unspecified atom stereocenters. The van der Waals surface area contributed by atoms with E-state index in [9.17, 15) is 5.11 Å². The van der Waals surface area contributed by atoms with Crippen LogP contribution in [0.15, 0.2) is 18.2 Å². The number of methoxy groups -OCH3 is 1. The molecule has 0 amide bonds. The molecule has 1 aromatic carbocycles. The van der Waals surface area contributed by atoms with E-state index in [1.165, 1.54) is 12.8 Å². The molecule has 1 heterocycles. The minimum Gasteiger partial charge on any atom is -0.504 e. The van der Waals surface area contributed by atoms with Crippen molar-refractivity contribution in [2.24, 2.45) is 11.7 Å². The SMILES string of the molecule is COc1ccc(CN2CCC(C(C)N)CC2)cc1O. The molecule has 0 spiro atoms. The van der Waals surface area contributed by atoms with Gasteiger partial charge in [0.25, 0.3) is 0 Å². The Morgan fingerprint density at radius 2 is 2.11 bits per heavy atom. The number of phenols is 1. The third kappa shape index (κ3) is 3.61.